The maximum atomic E-state index is 5.81. The standard InChI is InChI=1S/C12H14ClN3S/c1-7(2)11-10(5-14)17-12(16-11)9-4-3-8(13)6-15-9/h3-4,6-7H,5,14H2,1-2H3. The molecule has 0 aliphatic carbocycles. The highest BCUT2D eigenvalue weighted by Crippen LogP contribution is 2.30. The van der Waals surface area contributed by atoms with Crippen LogP contribution in [0.2, 0.25) is 5.02 Å². The number of pyridine rings is 1. The highest BCUT2D eigenvalue weighted by molar-refractivity contribution is 7.15. The molecule has 0 spiro atoms. The fraction of sp³-hybridized carbons (Fsp3) is 0.333. The van der Waals surface area contributed by atoms with E-state index in [2.05, 4.69) is 23.8 Å². The predicted molar refractivity (Wildman–Crippen MR) is 72.3 cm³/mol. The van der Waals surface area contributed by atoms with Crippen molar-refractivity contribution in [1.82, 2.24) is 9.97 Å². The highest BCUT2D eigenvalue weighted by atomic mass is 35.5. The zero-order valence-electron chi connectivity index (χ0n) is 9.77. The predicted octanol–water partition coefficient (Wildman–Crippen LogP) is 3.44. The molecule has 0 saturated carbocycles. The lowest BCUT2D eigenvalue weighted by Gasteiger charge is -2.01. The summed E-state index contributed by atoms with van der Waals surface area (Å²) in [6, 6.07) is 3.70. The molecule has 2 heterocycles. The van der Waals surface area contributed by atoms with Gasteiger partial charge in [-0.25, -0.2) is 4.98 Å². The van der Waals surface area contributed by atoms with E-state index in [1.807, 2.05) is 12.1 Å². The second-order valence-electron chi connectivity index (χ2n) is 4.05. The van der Waals surface area contributed by atoms with Gasteiger partial charge in [0.25, 0.3) is 0 Å². The van der Waals surface area contributed by atoms with E-state index in [9.17, 15) is 0 Å². The molecule has 0 bridgehead atoms. The van der Waals surface area contributed by atoms with Gasteiger partial charge in [0.2, 0.25) is 0 Å². The highest BCUT2D eigenvalue weighted by Gasteiger charge is 2.14. The Kier molecular flexibility index (Phi) is 3.76. The van der Waals surface area contributed by atoms with Crippen LogP contribution in [0.4, 0.5) is 0 Å². The molecular formula is C12H14ClN3S. The molecule has 17 heavy (non-hydrogen) atoms. The number of halogens is 1. The van der Waals surface area contributed by atoms with E-state index in [-0.39, 0.29) is 0 Å². The van der Waals surface area contributed by atoms with Gasteiger partial charge in [0.05, 0.1) is 16.4 Å². The summed E-state index contributed by atoms with van der Waals surface area (Å²) in [4.78, 5) is 10.0. The topological polar surface area (TPSA) is 51.8 Å². The number of nitrogens with zero attached hydrogens (tertiary/aromatic N) is 2. The molecule has 90 valence electrons. The van der Waals surface area contributed by atoms with Gasteiger partial charge in [0.1, 0.15) is 5.01 Å². The summed E-state index contributed by atoms with van der Waals surface area (Å²) in [5, 5.41) is 1.54. The Hall–Kier alpha value is -0.970. The van der Waals surface area contributed by atoms with Crippen molar-refractivity contribution in [1.29, 1.82) is 0 Å². The number of rotatable bonds is 3. The van der Waals surface area contributed by atoms with Gasteiger partial charge in [-0.2, -0.15) is 0 Å². The summed E-state index contributed by atoms with van der Waals surface area (Å²) in [5.74, 6) is 0.380. The molecule has 2 aromatic heterocycles. The molecule has 0 aliphatic heterocycles. The second-order valence-corrected chi connectivity index (χ2v) is 5.57. The summed E-state index contributed by atoms with van der Waals surface area (Å²) in [7, 11) is 0. The van der Waals surface area contributed by atoms with Gasteiger partial charge in [-0.1, -0.05) is 25.4 Å². The second kappa shape index (κ2) is 5.12. The lowest BCUT2D eigenvalue weighted by atomic mass is 10.1. The first-order chi connectivity index (χ1) is 8.11. The van der Waals surface area contributed by atoms with Gasteiger partial charge in [-0.05, 0) is 18.1 Å². The van der Waals surface area contributed by atoms with Crippen molar-refractivity contribution in [3.63, 3.8) is 0 Å². The zero-order chi connectivity index (χ0) is 12.4. The first-order valence-electron chi connectivity index (χ1n) is 5.43. The van der Waals surface area contributed by atoms with Crippen LogP contribution in [-0.2, 0) is 6.54 Å². The quantitative estimate of drug-likeness (QED) is 0.927. The minimum absolute atomic E-state index is 0.380. The summed E-state index contributed by atoms with van der Waals surface area (Å²) in [6.45, 7) is 4.76. The molecule has 2 rings (SSSR count). The van der Waals surface area contributed by atoms with Crippen LogP contribution in [0.25, 0.3) is 10.7 Å². The normalized spacial score (nSPS) is 11.1. The van der Waals surface area contributed by atoms with Crippen LogP contribution in [0.1, 0.15) is 30.3 Å². The molecule has 0 saturated heterocycles. The lowest BCUT2D eigenvalue weighted by Crippen LogP contribution is -1.99. The number of hydrogen-bond acceptors (Lipinski definition) is 4. The van der Waals surface area contributed by atoms with Gasteiger partial charge in [0.15, 0.2) is 0 Å². The Morgan fingerprint density at radius 3 is 2.65 bits per heavy atom. The van der Waals surface area contributed by atoms with Crippen molar-refractivity contribution in [2.24, 2.45) is 5.73 Å². The fourth-order valence-electron chi connectivity index (χ4n) is 1.57. The Bertz CT molecular complexity index is 505. The minimum Gasteiger partial charge on any atom is -0.326 e. The summed E-state index contributed by atoms with van der Waals surface area (Å²) >= 11 is 7.42. The molecule has 0 atom stereocenters. The van der Waals surface area contributed by atoms with Gasteiger partial charge in [-0.3, -0.25) is 4.98 Å². The first-order valence-corrected chi connectivity index (χ1v) is 6.63. The van der Waals surface area contributed by atoms with Crippen LogP contribution < -0.4 is 5.73 Å². The SMILES string of the molecule is CC(C)c1nc(-c2ccc(Cl)cn2)sc1CN. The Labute approximate surface area is 110 Å². The molecule has 3 nitrogen and oxygen atoms in total. The third-order valence-electron chi connectivity index (χ3n) is 2.41. The molecule has 0 fully saturated rings. The molecule has 0 aliphatic rings. The van der Waals surface area contributed by atoms with E-state index < -0.39 is 0 Å². The molecule has 2 N–H and O–H groups in total. The maximum absolute atomic E-state index is 5.81. The molecule has 0 unspecified atom stereocenters. The van der Waals surface area contributed by atoms with Crippen molar-refractivity contribution in [3.8, 4) is 10.7 Å². The van der Waals surface area contributed by atoms with Crippen LogP contribution in [0.3, 0.4) is 0 Å². The molecule has 0 radical (unpaired) electrons. The van der Waals surface area contributed by atoms with Crippen molar-refractivity contribution in [3.05, 3.63) is 33.9 Å². The van der Waals surface area contributed by atoms with E-state index in [1.54, 1.807) is 17.5 Å². The minimum atomic E-state index is 0.380. The summed E-state index contributed by atoms with van der Waals surface area (Å²) < 4.78 is 0. The first kappa shape index (κ1) is 12.5. The van der Waals surface area contributed by atoms with Crippen LogP contribution in [-0.4, -0.2) is 9.97 Å². The van der Waals surface area contributed by atoms with Crippen LogP contribution in [0.15, 0.2) is 18.3 Å². The van der Waals surface area contributed by atoms with Gasteiger partial charge >= 0.3 is 0 Å². The van der Waals surface area contributed by atoms with E-state index in [4.69, 9.17) is 17.3 Å². The summed E-state index contributed by atoms with van der Waals surface area (Å²) in [5.41, 5.74) is 7.65. The Balaban J connectivity index is 2.42. The average Bonchev–Trinajstić information content (AvgIpc) is 2.74. The number of nitrogens with two attached hydrogens (primary N) is 1. The van der Waals surface area contributed by atoms with E-state index in [0.29, 0.717) is 17.5 Å². The van der Waals surface area contributed by atoms with Crippen LogP contribution >= 0.6 is 22.9 Å². The zero-order valence-corrected chi connectivity index (χ0v) is 11.3. The monoisotopic (exact) mass is 267 g/mol. The lowest BCUT2D eigenvalue weighted by molar-refractivity contribution is 0.813. The fourth-order valence-corrected chi connectivity index (χ4v) is 2.76. The van der Waals surface area contributed by atoms with Crippen LogP contribution in [0, 0.1) is 0 Å². The van der Waals surface area contributed by atoms with E-state index in [1.165, 1.54) is 0 Å². The smallest absolute Gasteiger partial charge is 0.142 e. The van der Waals surface area contributed by atoms with Crippen molar-refractivity contribution >= 4 is 22.9 Å². The molecular weight excluding hydrogens is 254 g/mol. The molecule has 0 aromatic carbocycles. The van der Waals surface area contributed by atoms with Crippen molar-refractivity contribution < 1.29 is 0 Å². The Morgan fingerprint density at radius 1 is 1.41 bits per heavy atom. The molecule has 2 aromatic rings. The number of aromatic nitrogens is 2. The van der Waals surface area contributed by atoms with Crippen molar-refractivity contribution in [2.45, 2.75) is 26.3 Å². The third kappa shape index (κ3) is 2.65. The Morgan fingerprint density at radius 2 is 2.18 bits per heavy atom. The molecule has 5 heteroatoms. The maximum Gasteiger partial charge on any atom is 0.142 e. The number of hydrogen-bond donors (Lipinski definition) is 1. The summed E-state index contributed by atoms with van der Waals surface area (Å²) in [6.07, 6.45) is 1.63. The third-order valence-corrected chi connectivity index (χ3v) is 3.75. The van der Waals surface area contributed by atoms with Crippen LogP contribution in [0.5, 0.6) is 0 Å². The number of thiazole rings is 1. The van der Waals surface area contributed by atoms with E-state index >= 15 is 0 Å². The van der Waals surface area contributed by atoms with Gasteiger partial charge < -0.3 is 5.73 Å². The van der Waals surface area contributed by atoms with Gasteiger partial charge in [-0.15, -0.1) is 11.3 Å². The van der Waals surface area contributed by atoms with Gasteiger partial charge in [0, 0.05) is 17.6 Å². The largest absolute Gasteiger partial charge is 0.326 e. The van der Waals surface area contributed by atoms with E-state index in [0.717, 1.165) is 21.3 Å². The van der Waals surface area contributed by atoms with Crippen molar-refractivity contribution in [2.75, 3.05) is 0 Å². The average molecular weight is 268 g/mol. The molecule has 0 amide bonds.